The van der Waals surface area contributed by atoms with Gasteiger partial charge < -0.3 is 4.90 Å². The molecule has 1 fully saturated rings. The Labute approximate surface area is 163 Å². The van der Waals surface area contributed by atoms with E-state index in [1.54, 1.807) is 24.5 Å². The Hall–Kier alpha value is -2.80. The lowest BCUT2D eigenvalue weighted by atomic mass is 10.0. The highest BCUT2D eigenvalue weighted by atomic mass is 19.1. The first-order valence-electron chi connectivity index (χ1n) is 9.65. The lowest BCUT2D eigenvalue weighted by Crippen LogP contribution is -2.37. The normalized spacial score (nSPS) is 15.9. The number of fused-ring (bicyclic) bond motifs is 1. The van der Waals surface area contributed by atoms with Crippen molar-refractivity contribution in [2.75, 3.05) is 26.2 Å². The van der Waals surface area contributed by atoms with Gasteiger partial charge in [-0.1, -0.05) is 0 Å². The van der Waals surface area contributed by atoms with Crippen LogP contribution in [0.25, 0.3) is 22.2 Å². The summed E-state index contributed by atoms with van der Waals surface area (Å²) in [4.78, 5) is 22.2. The van der Waals surface area contributed by atoms with Crippen LogP contribution >= 0.6 is 0 Å². The summed E-state index contributed by atoms with van der Waals surface area (Å²) in [6.07, 6.45) is 4.30. The maximum absolute atomic E-state index is 13.8. The van der Waals surface area contributed by atoms with Gasteiger partial charge in [-0.15, -0.1) is 0 Å². The molecule has 0 spiro atoms. The monoisotopic (exact) mass is 381 g/mol. The van der Waals surface area contributed by atoms with E-state index in [0.717, 1.165) is 25.1 Å². The lowest BCUT2D eigenvalue weighted by Gasteiger charge is -2.25. The molecule has 1 aliphatic heterocycles. The number of carbonyl (C=O) groups excluding carboxylic acids is 1. The van der Waals surface area contributed by atoms with E-state index in [-0.39, 0.29) is 11.7 Å². The third-order valence-corrected chi connectivity index (χ3v) is 5.34. The highest BCUT2D eigenvalue weighted by molar-refractivity contribution is 6.07. The van der Waals surface area contributed by atoms with Gasteiger partial charge in [0, 0.05) is 55.4 Å². The van der Waals surface area contributed by atoms with Gasteiger partial charge in [0.25, 0.3) is 5.91 Å². The van der Waals surface area contributed by atoms with E-state index >= 15 is 0 Å². The van der Waals surface area contributed by atoms with Crippen molar-refractivity contribution in [1.29, 1.82) is 0 Å². The first-order chi connectivity index (χ1) is 13.5. The van der Waals surface area contributed by atoms with Crippen molar-refractivity contribution in [3.63, 3.8) is 0 Å². The van der Waals surface area contributed by atoms with Crippen LogP contribution in [0, 0.1) is 5.82 Å². The number of carbonyl (C=O) groups is 1. The van der Waals surface area contributed by atoms with Gasteiger partial charge in [0.1, 0.15) is 5.82 Å². The fourth-order valence-corrected chi connectivity index (χ4v) is 3.74. The van der Waals surface area contributed by atoms with Crippen LogP contribution in [0.3, 0.4) is 0 Å². The molecule has 1 N–H and O–H groups in total. The van der Waals surface area contributed by atoms with E-state index in [1.807, 2.05) is 4.90 Å². The van der Waals surface area contributed by atoms with Crippen molar-refractivity contribution < 1.29 is 9.18 Å². The zero-order chi connectivity index (χ0) is 19.7. The summed E-state index contributed by atoms with van der Waals surface area (Å²) in [5, 5.41) is 7.39. The molecule has 3 aromatic rings. The van der Waals surface area contributed by atoms with Gasteiger partial charge in [0.15, 0.2) is 0 Å². The number of pyridine rings is 1. The molecule has 0 aliphatic carbocycles. The molecule has 146 valence electrons. The first-order valence-corrected chi connectivity index (χ1v) is 9.65. The van der Waals surface area contributed by atoms with Crippen molar-refractivity contribution in [2.45, 2.75) is 26.3 Å². The molecule has 1 amide bonds. The summed E-state index contributed by atoms with van der Waals surface area (Å²) < 4.78 is 13.8. The Bertz CT molecular complexity index is 986. The molecular weight excluding hydrogens is 357 g/mol. The van der Waals surface area contributed by atoms with Gasteiger partial charge in [-0.2, -0.15) is 5.10 Å². The molecule has 1 aliphatic rings. The summed E-state index contributed by atoms with van der Waals surface area (Å²) in [7, 11) is 0. The van der Waals surface area contributed by atoms with Gasteiger partial charge in [0.05, 0.1) is 23.0 Å². The van der Waals surface area contributed by atoms with Gasteiger partial charge in [0.2, 0.25) is 0 Å². The average molecular weight is 381 g/mol. The molecule has 2 aromatic heterocycles. The molecule has 1 saturated heterocycles. The SMILES string of the molecule is CC(C)N1CCCN(C(=O)c2cc(-c3cn[nH]c3)nc3cc(F)ccc23)CC1. The zero-order valence-electron chi connectivity index (χ0n) is 16.2. The summed E-state index contributed by atoms with van der Waals surface area (Å²) in [6, 6.07) is 6.65. The van der Waals surface area contributed by atoms with E-state index < -0.39 is 0 Å². The van der Waals surface area contributed by atoms with E-state index in [9.17, 15) is 9.18 Å². The smallest absolute Gasteiger partial charge is 0.254 e. The number of aromatic amines is 1. The third-order valence-electron chi connectivity index (χ3n) is 5.34. The van der Waals surface area contributed by atoms with Gasteiger partial charge in [-0.05, 0) is 38.5 Å². The average Bonchev–Trinajstić information content (AvgIpc) is 3.10. The van der Waals surface area contributed by atoms with Crippen molar-refractivity contribution in [1.82, 2.24) is 25.0 Å². The lowest BCUT2D eigenvalue weighted by molar-refractivity contribution is 0.0761. The number of nitrogens with one attached hydrogen (secondary N) is 1. The minimum Gasteiger partial charge on any atom is -0.337 e. The van der Waals surface area contributed by atoms with Gasteiger partial charge >= 0.3 is 0 Å². The van der Waals surface area contributed by atoms with Crippen molar-refractivity contribution in [2.24, 2.45) is 0 Å². The van der Waals surface area contributed by atoms with E-state index in [2.05, 4.69) is 33.9 Å². The quantitative estimate of drug-likeness (QED) is 0.756. The van der Waals surface area contributed by atoms with Crippen molar-refractivity contribution in [3.8, 4) is 11.3 Å². The summed E-state index contributed by atoms with van der Waals surface area (Å²) >= 11 is 0. The summed E-state index contributed by atoms with van der Waals surface area (Å²) in [6.45, 7) is 7.61. The second kappa shape index (κ2) is 7.67. The summed E-state index contributed by atoms with van der Waals surface area (Å²) in [5.41, 5.74) is 2.40. The number of aromatic nitrogens is 3. The van der Waals surface area contributed by atoms with Crippen LogP contribution in [0.15, 0.2) is 36.7 Å². The van der Waals surface area contributed by atoms with E-state index in [1.165, 1.54) is 12.1 Å². The minimum atomic E-state index is -0.370. The Morgan fingerprint density at radius 2 is 2.04 bits per heavy atom. The predicted molar refractivity (Wildman–Crippen MR) is 107 cm³/mol. The zero-order valence-corrected chi connectivity index (χ0v) is 16.2. The fraction of sp³-hybridized carbons (Fsp3) is 0.381. The van der Waals surface area contributed by atoms with Crippen LogP contribution in [-0.2, 0) is 0 Å². The van der Waals surface area contributed by atoms with Crippen LogP contribution in [0.4, 0.5) is 4.39 Å². The number of halogens is 1. The second-order valence-electron chi connectivity index (χ2n) is 7.48. The summed E-state index contributed by atoms with van der Waals surface area (Å²) in [5.74, 6) is -0.403. The van der Waals surface area contributed by atoms with Crippen LogP contribution in [-0.4, -0.2) is 63.1 Å². The second-order valence-corrected chi connectivity index (χ2v) is 7.48. The first kappa shape index (κ1) is 18.6. The van der Waals surface area contributed by atoms with Crippen LogP contribution in [0.1, 0.15) is 30.6 Å². The Kier molecular flexibility index (Phi) is 5.09. The molecule has 28 heavy (non-hydrogen) atoms. The van der Waals surface area contributed by atoms with Crippen molar-refractivity contribution >= 4 is 16.8 Å². The Morgan fingerprint density at radius 1 is 1.18 bits per heavy atom. The minimum absolute atomic E-state index is 0.0330. The van der Waals surface area contributed by atoms with Crippen LogP contribution in [0.2, 0.25) is 0 Å². The van der Waals surface area contributed by atoms with Crippen LogP contribution in [0.5, 0.6) is 0 Å². The molecule has 0 atom stereocenters. The Morgan fingerprint density at radius 3 is 2.79 bits per heavy atom. The number of H-pyrrole nitrogens is 1. The van der Waals surface area contributed by atoms with E-state index in [0.29, 0.717) is 41.3 Å². The highest BCUT2D eigenvalue weighted by Crippen LogP contribution is 2.26. The van der Waals surface area contributed by atoms with E-state index in [4.69, 9.17) is 0 Å². The molecular formula is C21H24FN5O. The largest absolute Gasteiger partial charge is 0.337 e. The fourth-order valence-electron chi connectivity index (χ4n) is 3.74. The molecule has 1 aromatic carbocycles. The van der Waals surface area contributed by atoms with Gasteiger partial charge in [-0.3, -0.25) is 14.8 Å². The third kappa shape index (κ3) is 3.62. The maximum Gasteiger partial charge on any atom is 0.254 e. The number of rotatable bonds is 3. The molecule has 0 bridgehead atoms. The topological polar surface area (TPSA) is 65.1 Å². The van der Waals surface area contributed by atoms with Crippen LogP contribution < -0.4 is 0 Å². The number of amides is 1. The number of hydrogen-bond acceptors (Lipinski definition) is 4. The predicted octanol–water partition coefficient (Wildman–Crippen LogP) is 3.32. The number of nitrogens with zero attached hydrogens (tertiary/aromatic N) is 4. The molecule has 7 heteroatoms. The molecule has 0 unspecified atom stereocenters. The molecule has 0 saturated carbocycles. The molecule has 6 nitrogen and oxygen atoms in total. The maximum atomic E-state index is 13.8. The Balaban J connectivity index is 1.73. The molecule has 0 radical (unpaired) electrons. The van der Waals surface area contributed by atoms with Gasteiger partial charge in [-0.25, -0.2) is 9.37 Å². The number of hydrogen-bond donors (Lipinski definition) is 1. The highest BCUT2D eigenvalue weighted by Gasteiger charge is 2.24. The standard InChI is InChI=1S/C21H24FN5O/c1-14(2)26-6-3-7-27(9-8-26)21(28)18-11-19(15-12-23-24-13-15)25-20-10-16(22)4-5-17(18)20/h4-5,10-14H,3,6-9H2,1-2H3,(H,23,24). The molecule has 4 rings (SSSR count). The number of benzene rings is 1. The van der Waals surface area contributed by atoms with Crippen molar-refractivity contribution in [3.05, 3.63) is 48.0 Å². The molecule has 3 heterocycles.